The van der Waals surface area contributed by atoms with Crippen LogP contribution >= 0.6 is 0 Å². The number of aromatic nitrogens is 2. The van der Waals surface area contributed by atoms with Gasteiger partial charge >= 0.3 is 0 Å². The van der Waals surface area contributed by atoms with Gasteiger partial charge in [-0.15, -0.1) is 0 Å². The van der Waals surface area contributed by atoms with Crippen LogP contribution in [-0.2, 0) is 17.6 Å². The monoisotopic (exact) mass is 435 g/mol. The summed E-state index contributed by atoms with van der Waals surface area (Å²) in [5.41, 5.74) is 5.60. The van der Waals surface area contributed by atoms with E-state index in [1.807, 2.05) is 18.2 Å². The van der Waals surface area contributed by atoms with Crippen molar-refractivity contribution in [1.29, 1.82) is 0 Å². The topological polar surface area (TPSA) is 98.4 Å². The van der Waals surface area contributed by atoms with E-state index in [1.165, 1.54) is 23.8 Å². The zero-order chi connectivity index (χ0) is 22.7. The SMILES string of the molecule is O=C([O-])C[C@H](O)C[C@H](O)/C=C/c1c2c(nn1-c1ccc(F)cc1)-c1ccccc1CCC2. The summed E-state index contributed by atoms with van der Waals surface area (Å²) in [6, 6.07) is 14.2. The maximum absolute atomic E-state index is 13.5. The number of carboxylic acid groups (broad SMARTS) is 1. The van der Waals surface area contributed by atoms with Crippen LogP contribution in [-0.4, -0.2) is 38.2 Å². The molecule has 0 aliphatic heterocycles. The number of aliphatic carboxylic acids is 1. The molecule has 166 valence electrons. The number of fused-ring (bicyclic) bond motifs is 3. The highest BCUT2D eigenvalue weighted by Crippen LogP contribution is 2.35. The summed E-state index contributed by atoms with van der Waals surface area (Å²) in [6.45, 7) is 0. The first kappa shape index (κ1) is 21.9. The van der Waals surface area contributed by atoms with Gasteiger partial charge in [-0.2, -0.15) is 5.10 Å². The summed E-state index contributed by atoms with van der Waals surface area (Å²) in [6.07, 6.45) is 3.00. The predicted molar refractivity (Wildman–Crippen MR) is 116 cm³/mol. The van der Waals surface area contributed by atoms with Crippen LogP contribution in [0.25, 0.3) is 23.0 Å². The third kappa shape index (κ3) is 4.79. The first-order valence-electron chi connectivity index (χ1n) is 10.6. The van der Waals surface area contributed by atoms with Gasteiger partial charge in [0.05, 0.1) is 29.3 Å². The van der Waals surface area contributed by atoms with Crippen molar-refractivity contribution in [2.24, 2.45) is 0 Å². The van der Waals surface area contributed by atoms with Gasteiger partial charge in [-0.05, 0) is 55.2 Å². The fraction of sp³-hybridized carbons (Fsp3) is 0.280. The first-order valence-corrected chi connectivity index (χ1v) is 10.6. The van der Waals surface area contributed by atoms with Crippen LogP contribution in [0.5, 0.6) is 0 Å². The largest absolute Gasteiger partial charge is 0.550 e. The summed E-state index contributed by atoms with van der Waals surface area (Å²) in [4.78, 5) is 10.6. The Kier molecular flexibility index (Phi) is 6.48. The van der Waals surface area contributed by atoms with Crippen molar-refractivity contribution in [3.8, 4) is 16.9 Å². The molecule has 1 aliphatic carbocycles. The van der Waals surface area contributed by atoms with E-state index in [0.29, 0.717) is 5.69 Å². The number of aliphatic hydroxyl groups excluding tert-OH is 2. The molecule has 0 amide bonds. The zero-order valence-electron chi connectivity index (χ0n) is 17.4. The molecule has 1 heterocycles. The quantitative estimate of drug-likeness (QED) is 0.594. The van der Waals surface area contributed by atoms with Gasteiger partial charge < -0.3 is 20.1 Å². The van der Waals surface area contributed by atoms with Crippen molar-refractivity contribution < 1.29 is 24.5 Å². The Labute approximate surface area is 185 Å². The van der Waals surface area contributed by atoms with Crippen molar-refractivity contribution >= 4 is 12.0 Å². The molecule has 0 unspecified atom stereocenters. The van der Waals surface area contributed by atoms with Crippen molar-refractivity contribution in [2.45, 2.75) is 44.3 Å². The molecule has 0 saturated heterocycles. The van der Waals surface area contributed by atoms with Gasteiger partial charge in [-0.3, -0.25) is 0 Å². The van der Waals surface area contributed by atoms with Crippen LogP contribution in [0.4, 0.5) is 4.39 Å². The Bertz CT molecular complexity index is 1140. The highest BCUT2D eigenvalue weighted by atomic mass is 19.1. The number of carbonyl (C=O) groups is 1. The zero-order valence-corrected chi connectivity index (χ0v) is 17.4. The average molecular weight is 435 g/mol. The molecule has 0 fully saturated rings. The fourth-order valence-corrected chi connectivity index (χ4v) is 4.14. The van der Waals surface area contributed by atoms with Gasteiger partial charge in [0.15, 0.2) is 0 Å². The number of carboxylic acids is 1. The van der Waals surface area contributed by atoms with Crippen LogP contribution in [0.1, 0.15) is 36.1 Å². The lowest BCUT2D eigenvalue weighted by molar-refractivity contribution is -0.307. The summed E-state index contributed by atoms with van der Waals surface area (Å²) < 4.78 is 15.2. The van der Waals surface area contributed by atoms with Gasteiger partial charge in [0.2, 0.25) is 0 Å². The molecule has 0 spiro atoms. The first-order chi connectivity index (χ1) is 15.4. The van der Waals surface area contributed by atoms with E-state index in [-0.39, 0.29) is 12.2 Å². The molecule has 6 nitrogen and oxygen atoms in total. The minimum absolute atomic E-state index is 0.125. The number of benzene rings is 2. The van der Waals surface area contributed by atoms with E-state index < -0.39 is 24.6 Å². The molecule has 0 saturated carbocycles. The average Bonchev–Trinajstić information content (AvgIpc) is 3.00. The fourth-order valence-electron chi connectivity index (χ4n) is 4.14. The van der Waals surface area contributed by atoms with Crippen molar-refractivity contribution in [3.05, 3.63) is 77.2 Å². The molecule has 0 bridgehead atoms. The van der Waals surface area contributed by atoms with Crippen LogP contribution in [0.15, 0.2) is 54.6 Å². The van der Waals surface area contributed by atoms with E-state index >= 15 is 0 Å². The third-order valence-electron chi connectivity index (χ3n) is 5.63. The Morgan fingerprint density at radius 3 is 2.66 bits per heavy atom. The number of aliphatic hydroxyl groups is 2. The molecule has 1 aliphatic rings. The highest BCUT2D eigenvalue weighted by molar-refractivity contribution is 5.73. The number of carbonyl (C=O) groups excluding carboxylic acids is 1. The molecule has 2 N–H and O–H groups in total. The summed E-state index contributed by atoms with van der Waals surface area (Å²) in [5.74, 6) is -1.71. The lowest BCUT2D eigenvalue weighted by atomic mass is 10.0. The molecule has 7 heteroatoms. The summed E-state index contributed by atoms with van der Waals surface area (Å²) in [7, 11) is 0. The van der Waals surface area contributed by atoms with Gasteiger partial charge in [-0.1, -0.05) is 30.3 Å². The number of rotatable bonds is 7. The Balaban J connectivity index is 1.74. The van der Waals surface area contributed by atoms with Crippen LogP contribution in [0, 0.1) is 5.82 Å². The molecule has 0 radical (unpaired) electrons. The predicted octanol–water partition coefficient (Wildman–Crippen LogP) is 2.43. The van der Waals surface area contributed by atoms with Crippen LogP contribution < -0.4 is 5.11 Å². The summed E-state index contributed by atoms with van der Waals surface area (Å²) in [5, 5.41) is 35.6. The third-order valence-corrected chi connectivity index (χ3v) is 5.63. The highest BCUT2D eigenvalue weighted by Gasteiger charge is 2.23. The maximum Gasteiger partial charge on any atom is 0.123 e. The Morgan fingerprint density at radius 2 is 1.91 bits per heavy atom. The second-order valence-corrected chi connectivity index (χ2v) is 8.00. The molecule has 3 aromatic rings. The van der Waals surface area contributed by atoms with E-state index in [1.54, 1.807) is 22.9 Å². The summed E-state index contributed by atoms with van der Waals surface area (Å²) >= 11 is 0. The molecular weight excluding hydrogens is 411 g/mol. The van der Waals surface area contributed by atoms with E-state index in [9.17, 15) is 24.5 Å². The second-order valence-electron chi connectivity index (χ2n) is 8.00. The van der Waals surface area contributed by atoms with E-state index in [0.717, 1.165) is 41.8 Å². The van der Waals surface area contributed by atoms with Crippen molar-refractivity contribution in [3.63, 3.8) is 0 Å². The van der Waals surface area contributed by atoms with Gasteiger partial charge in [0.25, 0.3) is 0 Å². The molecule has 4 rings (SSSR count). The van der Waals surface area contributed by atoms with Crippen molar-refractivity contribution in [1.82, 2.24) is 9.78 Å². The maximum atomic E-state index is 13.5. The molecule has 2 atom stereocenters. The number of hydrogen-bond acceptors (Lipinski definition) is 5. The van der Waals surface area contributed by atoms with E-state index in [2.05, 4.69) is 6.07 Å². The number of nitrogens with zero attached hydrogens (tertiary/aromatic N) is 2. The van der Waals surface area contributed by atoms with Crippen LogP contribution in [0.3, 0.4) is 0 Å². The van der Waals surface area contributed by atoms with Crippen molar-refractivity contribution in [2.75, 3.05) is 0 Å². The molecule has 32 heavy (non-hydrogen) atoms. The second kappa shape index (κ2) is 9.46. The lowest BCUT2D eigenvalue weighted by Gasteiger charge is -2.13. The minimum Gasteiger partial charge on any atom is -0.550 e. The molecule has 1 aromatic heterocycles. The Hall–Kier alpha value is -3.29. The lowest BCUT2D eigenvalue weighted by Crippen LogP contribution is -2.29. The smallest absolute Gasteiger partial charge is 0.123 e. The molecular formula is C25H24FN2O4-. The standard InChI is InChI=1S/C25H25FN2O4/c26-17-8-10-18(11-9-17)28-23(13-12-19(29)14-20(30)15-24(31)32)22-7-3-5-16-4-1-2-6-21(16)25(22)27-28/h1-2,4,6,8-13,19-20,29-30H,3,5,7,14-15H2,(H,31,32)/p-1/b13-12+/t19-,20-/m1/s1. The number of aryl methyl sites for hydroxylation is 1. The van der Waals surface area contributed by atoms with Crippen LogP contribution in [0.2, 0.25) is 0 Å². The van der Waals surface area contributed by atoms with Gasteiger partial charge in [0, 0.05) is 29.9 Å². The Morgan fingerprint density at radius 1 is 1.16 bits per heavy atom. The normalized spacial score (nSPS) is 15.1. The number of hydrogen-bond donors (Lipinski definition) is 2. The van der Waals surface area contributed by atoms with E-state index in [4.69, 9.17) is 5.10 Å². The number of halogens is 1. The molecule has 2 aromatic carbocycles. The van der Waals surface area contributed by atoms with Gasteiger partial charge in [-0.25, -0.2) is 9.07 Å². The minimum atomic E-state index is -1.37. The van der Waals surface area contributed by atoms with Gasteiger partial charge in [0.1, 0.15) is 5.82 Å².